The standard InChI is InChI=1S/C18H21ClN2OS/c19-16-9-6-15(7-10-16)8-11-17(22)21-18(23)20-13-12-14-4-2-1-3-5-14/h4,6-11H,1-3,5,12-13H2,(H2,20,21,22,23)/b11-8+. The van der Waals surface area contributed by atoms with E-state index < -0.39 is 0 Å². The van der Waals surface area contributed by atoms with E-state index in [9.17, 15) is 4.79 Å². The van der Waals surface area contributed by atoms with Crippen molar-refractivity contribution in [1.29, 1.82) is 0 Å². The van der Waals surface area contributed by atoms with Crippen molar-refractivity contribution in [3.8, 4) is 0 Å². The molecule has 0 heterocycles. The summed E-state index contributed by atoms with van der Waals surface area (Å²) in [6, 6.07) is 7.26. The van der Waals surface area contributed by atoms with E-state index in [-0.39, 0.29) is 5.91 Å². The number of allylic oxidation sites excluding steroid dienone is 1. The SMILES string of the molecule is O=C(/C=C/c1ccc(Cl)cc1)NC(=S)NCCC1=CCCCC1. The number of amides is 1. The lowest BCUT2D eigenvalue weighted by atomic mass is 9.97. The van der Waals surface area contributed by atoms with E-state index in [0.29, 0.717) is 10.1 Å². The van der Waals surface area contributed by atoms with Gasteiger partial charge in [0.2, 0.25) is 5.91 Å². The molecule has 2 rings (SSSR count). The second-order valence-corrected chi connectivity index (χ2v) is 6.33. The summed E-state index contributed by atoms with van der Waals surface area (Å²) < 4.78 is 0. The number of hydrogen-bond donors (Lipinski definition) is 2. The number of carbonyl (C=O) groups excluding carboxylic acids is 1. The lowest BCUT2D eigenvalue weighted by Gasteiger charge is -2.13. The number of benzene rings is 1. The molecule has 0 bridgehead atoms. The molecule has 0 saturated carbocycles. The first-order valence-electron chi connectivity index (χ1n) is 7.84. The summed E-state index contributed by atoms with van der Waals surface area (Å²) in [6.07, 6.45) is 11.4. The van der Waals surface area contributed by atoms with Crippen LogP contribution in [0.15, 0.2) is 42.0 Å². The zero-order valence-corrected chi connectivity index (χ0v) is 14.6. The van der Waals surface area contributed by atoms with Gasteiger partial charge in [0, 0.05) is 17.6 Å². The summed E-state index contributed by atoms with van der Waals surface area (Å²) in [5.41, 5.74) is 2.40. The maximum atomic E-state index is 11.8. The van der Waals surface area contributed by atoms with Crippen molar-refractivity contribution >= 4 is 40.9 Å². The van der Waals surface area contributed by atoms with Gasteiger partial charge in [0.25, 0.3) is 0 Å². The molecule has 0 saturated heterocycles. The van der Waals surface area contributed by atoms with Gasteiger partial charge in [-0.1, -0.05) is 35.4 Å². The van der Waals surface area contributed by atoms with Crippen LogP contribution in [0.25, 0.3) is 6.08 Å². The van der Waals surface area contributed by atoms with Gasteiger partial charge < -0.3 is 5.32 Å². The second-order valence-electron chi connectivity index (χ2n) is 5.49. The molecule has 1 aromatic rings. The second kappa shape index (κ2) is 9.48. The molecule has 0 aliphatic heterocycles. The van der Waals surface area contributed by atoms with Crippen LogP contribution in [0.1, 0.15) is 37.7 Å². The normalized spacial score (nSPS) is 14.4. The lowest BCUT2D eigenvalue weighted by Crippen LogP contribution is -2.38. The van der Waals surface area contributed by atoms with E-state index in [2.05, 4.69) is 16.7 Å². The van der Waals surface area contributed by atoms with Crippen molar-refractivity contribution in [3.63, 3.8) is 0 Å². The van der Waals surface area contributed by atoms with Gasteiger partial charge >= 0.3 is 0 Å². The molecule has 2 N–H and O–H groups in total. The van der Waals surface area contributed by atoms with Gasteiger partial charge in [-0.05, 0) is 68.1 Å². The third-order valence-corrected chi connectivity index (χ3v) is 4.15. The highest BCUT2D eigenvalue weighted by atomic mass is 35.5. The van der Waals surface area contributed by atoms with Gasteiger partial charge in [-0.2, -0.15) is 0 Å². The lowest BCUT2D eigenvalue weighted by molar-refractivity contribution is -0.115. The van der Waals surface area contributed by atoms with Crippen LogP contribution in [-0.2, 0) is 4.79 Å². The topological polar surface area (TPSA) is 41.1 Å². The van der Waals surface area contributed by atoms with E-state index >= 15 is 0 Å². The smallest absolute Gasteiger partial charge is 0.250 e. The fourth-order valence-corrected chi connectivity index (χ4v) is 2.74. The first kappa shape index (κ1) is 17.7. The van der Waals surface area contributed by atoms with Crippen molar-refractivity contribution in [1.82, 2.24) is 10.6 Å². The maximum absolute atomic E-state index is 11.8. The molecule has 23 heavy (non-hydrogen) atoms. The molecule has 0 spiro atoms. The zero-order valence-electron chi connectivity index (χ0n) is 13.0. The highest BCUT2D eigenvalue weighted by molar-refractivity contribution is 7.80. The first-order chi connectivity index (χ1) is 11.1. The number of carbonyl (C=O) groups is 1. The van der Waals surface area contributed by atoms with Crippen LogP contribution < -0.4 is 10.6 Å². The Kier molecular flexibility index (Phi) is 7.30. The van der Waals surface area contributed by atoms with Gasteiger partial charge in [-0.3, -0.25) is 10.1 Å². The highest BCUT2D eigenvalue weighted by Gasteiger charge is 2.04. The zero-order chi connectivity index (χ0) is 16.5. The van der Waals surface area contributed by atoms with E-state index in [1.54, 1.807) is 18.2 Å². The van der Waals surface area contributed by atoms with Gasteiger partial charge in [0.1, 0.15) is 0 Å². The molecule has 5 heteroatoms. The van der Waals surface area contributed by atoms with Crippen LogP contribution in [0.3, 0.4) is 0 Å². The number of rotatable bonds is 5. The number of thiocarbonyl (C=S) groups is 1. The third kappa shape index (κ3) is 6.97. The minimum Gasteiger partial charge on any atom is -0.362 e. The molecule has 0 fully saturated rings. The summed E-state index contributed by atoms with van der Waals surface area (Å²) in [5.74, 6) is -0.241. The quantitative estimate of drug-likeness (QED) is 0.475. The molecule has 1 amide bonds. The molecule has 122 valence electrons. The minimum absolute atomic E-state index is 0.241. The number of hydrogen-bond acceptors (Lipinski definition) is 2. The third-order valence-electron chi connectivity index (χ3n) is 3.65. The van der Waals surface area contributed by atoms with Crippen LogP contribution in [-0.4, -0.2) is 17.6 Å². The van der Waals surface area contributed by atoms with E-state index in [0.717, 1.165) is 18.5 Å². The van der Waals surface area contributed by atoms with E-state index in [1.165, 1.54) is 37.3 Å². The Morgan fingerprint density at radius 1 is 1.26 bits per heavy atom. The Morgan fingerprint density at radius 3 is 2.74 bits per heavy atom. The van der Waals surface area contributed by atoms with Crippen LogP contribution in [0.4, 0.5) is 0 Å². The molecule has 0 unspecified atom stereocenters. The van der Waals surface area contributed by atoms with Gasteiger partial charge in [0.05, 0.1) is 0 Å². The average Bonchev–Trinajstić information content (AvgIpc) is 2.55. The van der Waals surface area contributed by atoms with Crippen molar-refractivity contribution in [2.75, 3.05) is 6.54 Å². The summed E-state index contributed by atoms with van der Waals surface area (Å²) in [6.45, 7) is 0.756. The largest absolute Gasteiger partial charge is 0.362 e. The fourth-order valence-electron chi connectivity index (χ4n) is 2.41. The Balaban J connectivity index is 1.68. The van der Waals surface area contributed by atoms with Crippen molar-refractivity contribution in [2.24, 2.45) is 0 Å². The van der Waals surface area contributed by atoms with Gasteiger partial charge in [-0.25, -0.2) is 0 Å². The van der Waals surface area contributed by atoms with Crippen LogP contribution >= 0.6 is 23.8 Å². The Hall–Kier alpha value is -1.65. The number of halogens is 1. The van der Waals surface area contributed by atoms with Crippen LogP contribution in [0.2, 0.25) is 5.02 Å². The van der Waals surface area contributed by atoms with E-state index in [1.807, 2.05) is 12.1 Å². The van der Waals surface area contributed by atoms with Gasteiger partial charge in [-0.15, -0.1) is 0 Å². The molecule has 1 aliphatic rings. The summed E-state index contributed by atoms with van der Waals surface area (Å²) >= 11 is 10.9. The fraction of sp³-hybridized carbons (Fsp3) is 0.333. The maximum Gasteiger partial charge on any atom is 0.250 e. The molecule has 0 aromatic heterocycles. The predicted molar refractivity (Wildman–Crippen MR) is 100 cm³/mol. The van der Waals surface area contributed by atoms with Crippen molar-refractivity contribution in [3.05, 3.63) is 52.6 Å². The first-order valence-corrected chi connectivity index (χ1v) is 8.62. The van der Waals surface area contributed by atoms with Crippen LogP contribution in [0, 0.1) is 0 Å². The average molecular weight is 349 g/mol. The molecule has 3 nitrogen and oxygen atoms in total. The van der Waals surface area contributed by atoms with Gasteiger partial charge in [0.15, 0.2) is 5.11 Å². The van der Waals surface area contributed by atoms with Crippen molar-refractivity contribution in [2.45, 2.75) is 32.1 Å². The summed E-state index contributed by atoms with van der Waals surface area (Å²) in [5, 5.41) is 6.76. The molecule has 1 aromatic carbocycles. The molecule has 0 atom stereocenters. The summed E-state index contributed by atoms with van der Waals surface area (Å²) in [7, 11) is 0. The Bertz CT molecular complexity index is 608. The monoisotopic (exact) mass is 348 g/mol. The molecular formula is C18H21ClN2OS. The Labute approximate surface area is 147 Å². The summed E-state index contributed by atoms with van der Waals surface area (Å²) in [4.78, 5) is 11.8. The van der Waals surface area contributed by atoms with Crippen LogP contribution in [0.5, 0.6) is 0 Å². The Morgan fingerprint density at radius 2 is 2.04 bits per heavy atom. The molecule has 1 aliphatic carbocycles. The minimum atomic E-state index is -0.241. The number of nitrogens with one attached hydrogen (secondary N) is 2. The predicted octanol–water partition coefficient (Wildman–Crippen LogP) is 4.23. The van der Waals surface area contributed by atoms with E-state index in [4.69, 9.17) is 23.8 Å². The molecular weight excluding hydrogens is 328 g/mol. The molecule has 0 radical (unpaired) electrons. The van der Waals surface area contributed by atoms with Crippen molar-refractivity contribution < 1.29 is 4.79 Å². The highest BCUT2D eigenvalue weighted by Crippen LogP contribution is 2.19.